The molecule has 0 radical (unpaired) electrons. The lowest BCUT2D eigenvalue weighted by Crippen LogP contribution is -2.09. The number of hydrogen-bond acceptors (Lipinski definition) is 3. The quantitative estimate of drug-likeness (QED) is 0.772. The zero-order valence-corrected chi connectivity index (χ0v) is 9.20. The second kappa shape index (κ2) is 5.09. The van der Waals surface area contributed by atoms with Crippen molar-refractivity contribution in [2.75, 3.05) is 12.4 Å². The van der Waals surface area contributed by atoms with Gasteiger partial charge in [-0.1, -0.05) is 30.4 Å². The summed E-state index contributed by atoms with van der Waals surface area (Å²) in [6, 6.07) is 8.24. The van der Waals surface area contributed by atoms with Gasteiger partial charge in [0.2, 0.25) is 0 Å². The lowest BCUT2D eigenvalue weighted by molar-refractivity contribution is 0.299. The highest BCUT2D eigenvalue weighted by atomic mass is 32.2. The van der Waals surface area contributed by atoms with Crippen molar-refractivity contribution in [1.29, 1.82) is 0 Å². The van der Waals surface area contributed by atoms with Crippen molar-refractivity contribution in [2.24, 2.45) is 0 Å². The second-order valence-corrected chi connectivity index (χ2v) is 5.29. The van der Waals surface area contributed by atoms with Gasteiger partial charge in [0.15, 0.2) is 9.84 Å². The van der Waals surface area contributed by atoms with Gasteiger partial charge in [-0.2, -0.15) is 0 Å². The molecule has 0 aliphatic heterocycles. The molecule has 0 aromatic heterocycles. The van der Waals surface area contributed by atoms with E-state index >= 15 is 0 Å². The average molecular weight is 226 g/mol. The van der Waals surface area contributed by atoms with Crippen LogP contribution in [-0.2, 0) is 9.84 Å². The predicted octanol–water partition coefficient (Wildman–Crippen LogP) is 1.40. The summed E-state index contributed by atoms with van der Waals surface area (Å²) in [6.45, 7) is 3.55. The monoisotopic (exact) mass is 226 g/mol. The zero-order valence-electron chi connectivity index (χ0n) is 8.39. The van der Waals surface area contributed by atoms with Crippen molar-refractivity contribution in [3.8, 4) is 0 Å². The van der Waals surface area contributed by atoms with E-state index in [2.05, 4.69) is 6.58 Å². The molecule has 1 rings (SSSR count). The van der Waals surface area contributed by atoms with Crippen molar-refractivity contribution in [3.05, 3.63) is 42.5 Å². The maximum absolute atomic E-state index is 11.8. The van der Waals surface area contributed by atoms with E-state index in [1.54, 1.807) is 30.3 Å². The van der Waals surface area contributed by atoms with Gasteiger partial charge in [0.25, 0.3) is 0 Å². The van der Waals surface area contributed by atoms with E-state index in [-0.39, 0.29) is 12.4 Å². The predicted molar refractivity (Wildman–Crippen MR) is 59.3 cm³/mol. The smallest absolute Gasteiger partial charge is 0.182 e. The third-order valence-electron chi connectivity index (χ3n) is 1.96. The molecule has 0 atom stereocenters. The standard InChI is InChI=1S/C11H14O3S/c1-10(7-8-12)9-15(13,14)11-5-3-2-4-6-11/h2-6,12H,1,7-9H2. The van der Waals surface area contributed by atoms with E-state index < -0.39 is 9.84 Å². The van der Waals surface area contributed by atoms with Gasteiger partial charge in [-0.3, -0.25) is 0 Å². The Morgan fingerprint density at radius 2 is 1.87 bits per heavy atom. The van der Waals surface area contributed by atoms with Gasteiger partial charge in [0.05, 0.1) is 10.6 Å². The molecule has 0 saturated carbocycles. The maximum Gasteiger partial charge on any atom is 0.182 e. The Bertz CT molecular complexity index is 420. The molecule has 0 amide bonds. The number of aliphatic hydroxyl groups excluding tert-OH is 1. The second-order valence-electron chi connectivity index (χ2n) is 3.30. The summed E-state index contributed by atoms with van der Waals surface area (Å²) in [7, 11) is -3.29. The average Bonchev–Trinajstić information content (AvgIpc) is 2.18. The molecule has 0 aliphatic rings. The van der Waals surface area contributed by atoms with E-state index in [4.69, 9.17) is 5.11 Å². The first kappa shape index (κ1) is 11.9. The molecule has 0 spiro atoms. The fraction of sp³-hybridized carbons (Fsp3) is 0.273. The molecule has 0 fully saturated rings. The molecule has 1 aromatic rings. The zero-order chi connectivity index (χ0) is 11.3. The lowest BCUT2D eigenvalue weighted by atomic mass is 10.3. The molecular weight excluding hydrogens is 212 g/mol. The minimum Gasteiger partial charge on any atom is -0.396 e. The summed E-state index contributed by atoms with van der Waals surface area (Å²) in [5, 5.41) is 8.65. The van der Waals surface area contributed by atoms with Gasteiger partial charge in [0.1, 0.15) is 0 Å². The Hall–Kier alpha value is -1.13. The van der Waals surface area contributed by atoms with Crippen molar-refractivity contribution >= 4 is 9.84 Å². The largest absolute Gasteiger partial charge is 0.396 e. The summed E-state index contributed by atoms with van der Waals surface area (Å²) < 4.78 is 23.5. The van der Waals surface area contributed by atoms with Crippen molar-refractivity contribution in [1.82, 2.24) is 0 Å². The number of rotatable bonds is 5. The number of hydrogen-bond donors (Lipinski definition) is 1. The molecule has 1 aromatic carbocycles. The molecule has 0 bridgehead atoms. The van der Waals surface area contributed by atoms with Crippen LogP contribution < -0.4 is 0 Å². The van der Waals surface area contributed by atoms with Crippen LogP contribution in [0, 0.1) is 0 Å². The molecule has 0 unspecified atom stereocenters. The van der Waals surface area contributed by atoms with Crippen molar-refractivity contribution in [2.45, 2.75) is 11.3 Å². The summed E-state index contributed by atoms with van der Waals surface area (Å²) >= 11 is 0. The van der Waals surface area contributed by atoms with E-state index in [9.17, 15) is 8.42 Å². The van der Waals surface area contributed by atoms with Gasteiger partial charge < -0.3 is 5.11 Å². The lowest BCUT2D eigenvalue weighted by Gasteiger charge is -2.05. The minimum atomic E-state index is -3.29. The fourth-order valence-electron chi connectivity index (χ4n) is 1.21. The number of sulfone groups is 1. The van der Waals surface area contributed by atoms with Crippen LogP contribution in [-0.4, -0.2) is 25.9 Å². The van der Waals surface area contributed by atoms with E-state index in [1.807, 2.05) is 0 Å². The fourth-order valence-corrected chi connectivity index (χ4v) is 2.63. The van der Waals surface area contributed by atoms with Crippen LogP contribution in [0.5, 0.6) is 0 Å². The number of aliphatic hydroxyl groups is 1. The van der Waals surface area contributed by atoms with Crippen LogP contribution in [0.3, 0.4) is 0 Å². The minimum absolute atomic E-state index is 0.0663. The maximum atomic E-state index is 11.8. The van der Waals surface area contributed by atoms with Gasteiger partial charge in [0, 0.05) is 6.61 Å². The Kier molecular flexibility index (Phi) is 4.05. The first-order valence-electron chi connectivity index (χ1n) is 4.61. The third kappa shape index (κ3) is 3.49. The van der Waals surface area contributed by atoms with Gasteiger partial charge in [-0.15, -0.1) is 0 Å². The van der Waals surface area contributed by atoms with Crippen LogP contribution in [0.1, 0.15) is 6.42 Å². The first-order valence-corrected chi connectivity index (χ1v) is 6.27. The van der Waals surface area contributed by atoms with Crippen LogP contribution in [0.25, 0.3) is 0 Å². The summed E-state index contributed by atoms with van der Waals surface area (Å²) in [4.78, 5) is 0.295. The molecule has 0 heterocycles. The topological polar surface area (TPSA) is 54.4 Å². The Labute approximate surface area is 90.0 Å². The van der Waals surface area contributed by atoms with Crippen molar-refractivity contribution < 1.29 is 13.5 Å². The van der Waals surface area contributed by atoms with Gasteiger partial charge in [-0.05, 0) is 18.6 Å². The molecule has 15 heavy (non-hydrogen) atoms. The molecule has 1 N–H and O–H groups in total. The third-order valence-corrected chi connectivity index (χ3v) is 3.74. The van der Waals surface area contributed by atoms with Gasteiger partial charge in [-0.25, -0.2) is 8.42 Å². The Balaban J connectivity index is 2.81. The van der Waals surface area contributed by atoms with Crippen LogP contribution in [0.15, 0.2) is 47.4 Å². The Morgan fingerprint density at radius 1 is 1.27 bits per heavy atom. The van der Waals surface area contributed by atoms with E-state index in [1.165, 1.54) is 0 Å². The molecule has 0 aliphatic carbocycles. The van der Waals surface area contributed by atoms with E-state index in [0.717, 1.165) is 0 Å². The summed E-state index contributed by atoms with van der Waals surface area (Å²) in [5.41, 5.74) is 0.529. The number of benzene rings is 1. The molecular formula is C11H14O3S. The first-order chi connectivity index (χ1) is 7.06. The Morgan fingerprint density at radius 3 is 2.40 bits per heavy atom. The normalized spacial score (nSPS) is 11.3. The van der Waals surface area contributed by atoms with E-state index in [0.29, 0.717) is 16.9 Å². The van der Waals surface area contributed by atoms with Crippen LogP contribution >= 0.6 is 0 Å². The molecule has 0 saturated heterocycles. The summed E-state index contributed by atoms with van der Waals surface area (Å²) in [6.07, 6.45) is 0.325. The molecule has 4 heteroatoms. The van der Waals surface area contributed by atoms with Gasteiger partial charge >= 0.3 is 0 Å². The van der Waals surface area contributed by atoms with Crippen molar-refractivity contribution in [3.63, 3.8) is 0 Å². The highest BCUT2D eigenvalue weighted by Gasteiger charge is 2.14. The van der Waals surface area contributed by atoms with Crippen LogP contribution in [0.2, 0.25) is 0 Å². The molecule has 82 valence electrons. The molecule has 3 nitrogen and oxygen atoms in total. The summed E-state index contributed by atoms with van der Waals surface area (Å²) in [5.74, 6) is -0.0996. The SMILES string of the molecule is C=C(CCO)CS(=O)(=O)c1ccccc1. The highest BCUT2D eigenvalue weighted by molar-refractivity contribution is 7.91. The van der Waals surface area contributed by atoms with Crippen LogP contribution in [0.4, 0.5) is 0 Å². The highest BCUT2D eigenvalue weighted by Crippen LogP contribution is 2.13.